The molecule has 0 bridgehead atoms. The summed E-state index contributed by atoms with van der Waals surface area (Å²) in [6.07, 6.45) is 4.58. The average Bonchev–Trinajstić information content (AvgIpc) is 2.94. The average molecular weight is 518 g/mol. The van der Waals surface area contributed by atoms with Crippen LogP contribution in [0.4, 0.5) is 0 Å². The number of hydrogen-bond donors (Lipinski definition) is 0. The van der Waals surface area contributed by atoms with Crippen LogP contribution in [0.15, 0.2) is 24.3 Å². The monoisotopic (exact) mass is 520 g/mol. The Bertz CT molecular complexity index is 553. The van der Waals surface area contributed by atoms with Gasteiger partial charge in [-0.3, -0.25) is 0 Å². The first-order chi connectivity index (χ1) is 9.16. The fourth-order valence-corrected chi connectivity index (χ4v) is 14.4. The van der Waals surface area contributed by atoms with Crippen molar-refractivity contribution in [2.24, 2.45) is 0 Å². The third kappa shape index (κ3) is 4.62. The molecule has 0 saturated carbocycles. The van der Waals surface area contributed by atoms with Gasteiger partial charge < -0.3 is 0 Å². The Morgan fingerprint density at radius 2 is 1.00 bits per heavy atom. The predicted molar refractivity (Wildman–Crippen MR) is 104 cm³/mol. The molecule has 2 rings (SSSR count). The summed E-state index contributed by atoms with van der Waals surface area (Å²) < 4.78 is 3.33. The van der Waals surface area contributed by atoms with Crippen LogP contribution in [0.5, 0.6) is 0 Å². The molecule has 2 aromatic heterocycles. The molecule has 0 aliphatic heterocycles. The topological polar surface area (TPSA) is 0 Å². The number of hydrogen-bond acceptors (Lipinski definition) is 2. The summed E-state index contributed by atoms with van der Waals surface area (Å²) in [6.45, 7) is 0. The molecule has 0 radical (unpaired) electrons. The molecule has 0 saturated heterocycles. The molecule has 0 amide bonds. The van der Waals surface area contributed by atoms with E-state index in [4.69, 9.17) is 0 Å². The van der Waals surface area contributed by atoms with E-state index in [9.17, 15) is 0 Å². The van der Waals surface area contributed by atoms with E-state index in [2.05, 4.69) is 66.1 Å². The molecule has 0 nitrogen and oxygen atoms in total. The van der Waals surface area contributed by atoms with E-state index in [1.165, 1.54) is 9.75 Å². The molecule has 0 aliphatic rings. The van der Waals surface area contributed by atoms with E-state index < -0.39 is 36.8 Å². The van der Waals surface area contributed by atoms with Gasteiger partial charge in [0.15, 0.2) is 0 Å². The van der Waals surface area contributed by atoms with Gasteiger partial charge in [0.1, 0.15) is 0 Å². The van der Waals surface area contributed by atoms with E-state index in [1.54, 1.807) is 5.79 Å². The molecule has 0 N–H and O–H groups in total. The molecular weight excluding hydrogens is 494 g/mol. The van der Waals surface area contributed by atoms with Gasteiger partial charge in [-0.05, 0) is 0 Å². The van der Waals surface area contributed by atoms with Crippen molar-refractivity contribution >= 4 is 77.4 Å². The normalized spacial score (nSPS) is 13.3. The van der Waals surface area contributed by atoms with Crippen molar-refractivity contribution in [1.82, 2.24) is 0 Å². The minimum atomic E-state index is -1.86. The van der Waals surface area contributed by atoms with Gasteiger partial charge >= 0.3 is 141 Å². The van der Waals surface area contributed by atoms with E-state index in [-0.39, 0.29) is 0 Å². The van der Waals surface area contributed by atoms with Crippen LogP contribution in [0.3, 0.4) is 0 Å². The zero-order valence-corrected chi connectivity index (χ0v) is 20.6. The van der Waals surface area contributed by atoms with Crippen molar-refractivity contribution in [3.63, 3.8) is 0 Å². The Hall–Kier alpha value is 0.737. The zero-order chi connectivity index (χ0) is 15.0. The second-order valence-electron chi connectivity index (χ2n) is 7.24. The number of rotatable bonds is 4. The Morgan fingerprint density at radius 1 is 0.650 bits per heavy atom. The van der Waals surface area contributed by atoms with Gasteiger partial charge in [-0.25, -0.2) is 0 Å². The molecule has 0 atom stereocenters. The molecule has 0 aromatic carbocycles. The van der Waals surface area contributed by atoms with Gasteiger partial charge in [0.05, 0.1) is 0 Å². The van der Waals surface area contributed by atoms with Gasteiger partial charge in [-0.2, -0.15) is 0 Å². The first kappa shape index (κ1) is 17.1. The summed E-state index contributed by atoms with van der Waals surface area (Å²) in [5.74, 6) is 0. The van der Waals surface area contributed by atoms with E-state index in [0.29, 0.717) is 0 Å². The molecule has 0 fully saturated rings. The van der Waals surface area contributed by atoms with Gasteiger partial charge in [0, 0.05) is 0 Å². The minimum absolute atomic E-state index is 1.40. The van der Waals surface area contributed by atoms with Crippen molar-refractivity contribution < 1.29 is 0 Å². The second-order valence-corrected chi connectivity index (χ2v) is 40.3. The van der Waals surface area contributed by atoms with Crippen molar-refractivity contribution in [2.75, 3.05) is 0 Å². The first-order valence-electron chi connectivity index (χ1n) is 7.05. The second kappa shape index (κ2) is 6.47. The standard InChI is InChI=1S/C10H6S2.6CH3.2Sn/c1-3-9(11-7-1)5-6-10-4-2-8-12-10;;;;;;;;/h1-6H;6*1H3;;. The maximum atomic E-state index is 2.48. The van der Waals surface area contributed by atoms with Crippen molar-refractivity contribution in [3.05, 3.63) is 34.0 Å². The van der Waals surface area contributed by atoms with Crippen molar-refractivity contribution in [1.29, 1.82) is 0 Å². The van der Waals surface area contributed by atoms with Crippen molar-refractivity contribution in [3.8, 4) is 0 Å². The van der Waals surface area contributed by atoms with Crippen LogP contribution in [0, 0.1) is 0 Å². The summed E-state index contributed by atoms with van der Waals surface area (Å²) in [4.78, 5) is 17.7. The fourth-order valence-electron chi connectivity index (χ4n) is 1.86. The number of thiophene rings is 2. The Morgan fingerprint density at radius 3 is 1.25 bits per heavy atom. The molecule has 4 heteroatoms. The predicted octanol–water partition coefficient (Wildman–Crippen LogP) is 5.07. The SMILES string of the molecule is [CH3][Sn]([CH3])([CH3])[c]1ccc(C=Cc2cc[c]([Sn]([CH3])([CH3])[CH3])s2)s1. The third-order valence-electron chi connectivity index (χ3n) is 3.14. The van der Waals surface area contributed by atoms with Crippen molar-refractivity contribution in [2.45, 2.75) is 29.6 Å². The molecular formula is C16H24S2Sn2. The molecule has 0 unspecified atom stereocenters. The Kier molecular flexibility index (Phi) is 5.53. The van der Waals surface area contributed by atoms with Crippen LogP contribution in [0.1, 0.15) is 9.75 Å². The van der Waals surface area contributed by atoms with Crippen LogP contribution in [-0.4, -0.2) is 36.8 Å². The van der Waals surface area contributed by atoms with Gasteiger partial charge in [0.2, 0.25) is 0 Å². The van der Waals surface area contributed by atoms with Crippen LogP contribution < -0.4 is 5.79 Å². The summed E-state index contributed by atoms with van der Waals surface area (Å²) >= 11 is 0.262. The summed E-state index contributed by atoms with van der Waals surface area (Å²) in [7, 11) is 0. The van der Waals surface area contributed by atoms with Crippen LogP contribution in [-0.2, 0) is 0 Å². The van der Waals surface area contributed by atoms with Gasteiger partial charge in [0.25, 0.3) is 0 Å². The van der Waals surface area contributed by atoms with Crippen LogP contribution >= 0.6 is 22.7 Å². The van der Waals surface area contributed by atoms with Gasteiger partial charge in [-0.1, -0.05) is 0 Å². The first-order valence-corrected chi connectivity index (χ1v) is 28.7. The van der Waals surface area contributed by atoms with E-state index in [1.807, 2.05) is 22.7 Å². The Balaban J connectivity index is 2.14. The molecule has 2 heterocycles. The third-order valence-corrected chi connectivity index (χ3v) is 24.2. The van der Waals surface area contributed by atoms with E-state index in [0.717, 1.165) is 0 Å². The summed E-state index contributed by atoms with van der Waals surface area (Å²) in [6, 6.07) is 9.28. The zero-order valence-electron chi connectivity index (χ0n) is 13.3. The van der Waals surface area contributed by atoms with E-state index >= 15 is 0 Å². The molecule has 0 spiro atoms. The maximum absolute atomic E-state index is 2.48. The molecule has 0 aliphatic carbocycles. The quantitative estimate of drug-likeness (QED) is 0.497. The molecule has 20 heavy (non-hydrogen) atoms. The fraction of sp³-hybridized carbons (Fsp3) is 0.375. The molecule has 2 aromatic rings. The van der Waals surface area contributed by atoms with Gasteiger partial charge in [-0.15, -0.1) is 0 Å². The summed E-state index contributed by atoms with van der Waals surface area (Å²) in [5, 5.41) is 0. The summed E-state index contributed by atoms with van der Waals surface area (Å²) in [5.41, 5.74) is 0. The Labute approximate surface area is 139 Å². The molecule has 108 valence electrons. The van der Waals surface area contributed by atoms with Crippen LogP contribution in [0.25, 0.3) is 12.2 Å². The van der Waals surface area contributed by atoms with Crippen LogP contribution in [0.2, 0.25) is 29.6 Å².